The molecule has 2 heterocycles. The summed E-state index contributed by atoms with van der Waals surface area (Å²) in [7, 11) is 0. The molecule has 0 aliphatic carbocycles. The van der Waals surface area contributed by atoms with Crippen molar-refractivity contribution in [1.82, 2.24) is 9.55 Å². The largest absolute Gasteiger partial charge is 0.506 e. The summed E-state index contributed by atoms with van der Waals surface area (Å²) >= 11 is 5.92. The van der Waals surface area contributed by atoms with Crippen molar-refractivity contribution in [3.8, 4) is 5.75 Å². The van der Waals surface area contributed by atoms with Crippen LogP contribution in [0.15, 0.2) is 71.7 Å². The number of phenols is 1. The molecule has 0 saturated carbocycles. The number of nitrogens with zero attached hydrogens (tertiary/aromatic N) is 2. The van der Waals surface area contributed by atoms with Crippen LogP contribution in [0.25, 0.3) is 11.0 Å². The predicted octanol–water partition coefficient (Wildman–Crippen LogP) is 4.20. The highest BCUT2D eigenvalue weighted by molar-refractivity contribution is 6.31. The topological polar surface area (TPSA) is 84.2 Å². The van der Waals surface area contributed by atoms with Crippen LogP contribution in [0.1, 0.15) is 15.9 Å². The number of fused-ring (bicyclic) bond motifs is 1. The van der Waals surface area contributed by atoms with Gasteiger partial charge in [0.2, 0.25) is 0 Å². The van der Waals surface area contributed by atoms with Crippen LogP contribution >= 0.6 is 11.6 Å². The first-order valence-corrected chi connectivity index (χ1v) is 9.33. The first kappa shape index (κ1) is 19.6. The molecule has 30 heavy (non-hydrogen) atoms. The number of aromatic nitrogens is 2. The van der Waals surface area contributed by atoms with Gasteiger partial charge in [0.1, 0.15) is 22.8 Å². The van der Waals surface area contributed by atoms with E-state index in [9.17, 15) is 19.1 Å². The molecule has 0 atom stereocenters. The minimum Gasteiger partial charge on any atom is -0.506 e. The van der Waals surface area contributed by atoms with Crippen LogP contribution in [-0.4, -0.2) is 20.6 Å². The van der Waals surface area contributed by atoms with E-state index in [0.29, 0.717) is 21.6 Å². The number of phenolic OH excluding ortho intramolecular Hbond substituents is 1. The third kappa shape index (κ3) is 3.88. The molecular weight excluding hydrogens is 409 g/mol. The number of aromatic hydroxyl groups is 1. The van der Waals surface area contributed by atoms with E-state index in [-0.39, 0.29) is 29.4 Å². The summed E-state index contributed by atoms with van der Waals surface area (Å²) < 4.78 is 14.6. The summed E-state index contributed by atoms with van der Waals surface area (Å²) in [6.45, 7) is 0.107. The maximum absolute atomic E-state index is 13.2. The number of amides is 1. The van der Waals surface area contributed by atoms with Crippen molar-refractivity contribution in [3.05, 3.63) is 99.2 Å². The van der Waals surface area contributed by atoms with Crippen LogP contribution < -0.4 is 10.9 Å². The van der Waals surface area contributed by atoms with Gasteiger partial charge in [-0.3, -0.25) is 14.2 Å². The zero-order valence-corrected chi connectivity index (χ0v) is 16.2. The molecule has 2 N–H and O–H groups in total. The molecule has 2 aromatic heterocycles. The minimum absolute atomic E-state index is 0.0864. The van der Waals surface area contributed by atoms with Gasteiger partial charge < -0.3 is 10.4 Å². The second kappa shape index (κ2) is 7.96. The normalized spacial score (nSPS) is 10.9. The Balaban J connectivity index is 1.79. The van der Waals surface area contributed by atoms with Gasteiger partial charge in [-0.15, -0.1) is 0 Å². The maximum Gasteiger partial charge on any atom is 0.265 e. The molecule has 0 bridgehead atoms. The Labute approximate surface area is 175 Å². The van der Waals surface area contributed by atoms with Crippen molar-refractivity contribution in [2.75, 3.05) is 5.32 Å². The lowest BCUT2D eigenvalue weighted by molar-refractivity contribution is 0.102. The molecular formula is C22H15ClFN3O3. The summed E-state index contributed by atoms with van der Waals surface area (Å²) in [5.74, 6) is -1.26. The zero-order valence-electron chi connectivity index (χ0n) is 15.5. The number of halogens is 2. The van der Waals surface area contributed by atoms with Gasteiger partial charge in [-0.05, 0) is 54.1 Å². The van der Waals surface area contributed by atoms with E-state index < -0.39 is 11.5 Å². The van der Waals surface area contributed by atoms with Crippen molar-refractivity contribution in [3.63, 3.8) is 0 Å². The Bertz CT molecular complexity index is 1320. The SMILES string of the molecule is O=C(Nc1cc(Cl)ccc1O)c1cc2cccnc2n(Cc2ccc(F)cc2)c1=O. The van der Waals surface area contributed by atoms with E-state index in [1.54, 1.807) is 30.5 Å². The van der Waals surface area contributed by atoms with E-state index in [1.165, 1.54) is 41.0 Å². The van der Waals surface area contributed by atoms with Crippen LogP contribution in [0.2, 0.25) is 5.02 Å². The highest BCUT2D eigenvalue weighted by Gasteiger charge is 2.18. The molecule has 0 unspecified atom stereocenters. The number of anilines is 1. The molecule has 0 radical (unpaired) electrons. The second-order valence-corrected chi connectivity index (χ2v) is 7.04. The number of pyridine rings is 2. The standard InChI is InChI=1S/C22H15ClFN3O3/c23-15-5-8-19(28)18(11-15)26-21(29)17-10-14-2-1-9-25-20(14)27(22(17)30)12-13-3-6-16(24)7-4-13/h1-11,28H,12H2,(H,26,29). The molecule has 0 aliphatic heterocycles. The Morgan fingerprint density at radius 2 is 1.90 bits per heavy atom. The molecule has 6 nitrogen and oxygen atoms in total. The van der Waals surface area contributed by atoms with E-state index in [0.717, 1.165) is 0 Å². The average Bonchev–Trinajstić information content (AvgIpc) is 2.74. The molecule has 4 rings (SSSR count). The van der Waals surface area contributed by atoms with Gasteiger partial charge in [0.15, 0.2) is 0 Å². The number of nitrogens with one attached hydrogen (secondary N) is 1. The van der Waals surface area contributed by atoms with Crippen LogP contribution in [-0.2, 0) is 6.54 Å². The minimum atomic E-state index is -0.698. The van der Waals surface area contributed by atoms with Crippen LogP contribution in [0, 0.1) is 5.82 Å². The van der Waals surface area contributed by atoms with Crippen LogP contribution in [0.3, 0.4) is 0 Å². The first-order valence-electron chi connectivity index (χ1n) is 8.95. The Hall–Kier alpha value is -3.71. The summed E-state index contributed by atoms with van der Waals surface area (Å²) in [5, 5.41) is 13.4. The lowest BCUT2D eigenvalue weighted by Gasteiger charge is -2.13. The third-order valence-electron chi connectivity index (χ3n) is 4.55. The fraction of sp³-hybridized carbons (Fsp3) is 0.0455. The van der Waals surface area contributed by atoms with Gasteiger partial charge in [-0.1, -0.05) is 23.7 Å². The molecule has 2 aromatic carbocycles. The summed E-state index contributed by atoms with van der Waals surface area (Å²) in [5.41, 5.74) is 0.467. The highest BCUT2D eigenvalue weighted by atomic mass is 35.5. The van der Waals surface area contributed by atoms with Crippen molar-refractivity contribution in [2.24, 2.45) is 0 Å². The molecule has 0 aliphatic rings. The maximum atomic E-state index is 13.2. The fourth-order valence-electron chi connectivity index (χ4n) is 3.09. The Kier molecular flexibility index (Phi) is 5.20. The molecule has 1 amide bonds. The number of rotatable bonds is 4. The van der Waals surface area contributed by atoms with E-state index >= 15 is 0 Å². The number of carbonyl (C=O) groups excluding carboxylic acids is 1. The van der Waals surface area contributed by atoms with Crippen molar-refractivity contribution in [2.45, 2.75) is 6.54 Å². The van der Waals surface area contributed by atoms with Gasteiger partial charge in [0, 0.05) is 16.6 Å². The van der Waals surface area contributed by atoms with Gasteiger partial charge in [0.05, 0.1) is 12.2 Å². The van der Waals surface area contributed by atoms with Crippen LogP contribution in [0.5, 0.6) is 5.75 Å². The number of hydrogen-bond donors (Lipinski definition) is 2. The summed E-state index contributed by atoms with van der Waals surface area (Å²) in [6, 6.07) is 14.8. The quantitative estimate of drug-likeness (QED) is 0.482. The smallest absolute Gasteiger partial charge is 0.265 e. The molecule has 8 heteroatoms. The second-order valence-electron chi connectivity index (χ2n) is 6.61. The van der Waals surface area contributed by atoms with Crippen LogP contribution in [0.4, 0.5) is 10.1 Å². The molecule has 0 spiro atoms. The molecule has 0 fully saturated rings. The van der Waals surface area contributed by atoms with Crippen molar-refractivity contribution >= 4 is 34.2 Å². The fourth-order valence-corrected chi connectivity index (χ4v) is 3.26. The summed E-state index contributed by atoms with van der Waals surface area (Å²) in [4.78, 5) is 30.2. The van der Waals surface area contributed by atoms with Crippen molar-refractivity contribution in [1.29, 1.82) is 0 Å². The third-order valence-corrected chi connectivity index (χ3v) is 4.79. The lowest BCUT2D eigenvalue weighted by atomic mass is 10.1. The Morgan fingerprint density at radius 3 is 2.67 bits per heavy atom. The molecule has 4 aromatic rings. The van der Waals surface area contributed by atoms with Gasteiger partial charge in [-0.25, -0.2) is 9.37 Å². The van der Waals surface area contributed by atoms with Gasteiger partial charge >= 0.3 is 0 Å². The molecule has 0 saturated heterocycles. The lowest BCUT2D eigenvalue weighted by Crippen LogP contribution is -2.30. The van der Waals surface area contributed by atoms with E-state index in [4.69, 9.17) is 11.6 Å². The first-order chi connectivity index (χ1) is 14.4. The Morgan fingerprint density at radius 1 is 1.13 bits per heavy atom. The average molecular weight is 424 g/mol. The highest BCUT2D eigenvalue weighted by Crippen LogP contribution is 2.27. The monoisotopic (exact) mass is 423 g/mol. The number of benzene rings is 2. The summed E-state index contributed by atoms with van der Waals surface area (Å²) in [6.07, 6.45) is 1.55. The van der Waals surface area contributed by atoms with Crippen molar-refractivity contribution < 1.29 is 14.3 Å². The van der Waals surface area contributed by atoms with Gasteiger partial charge in [0.25, 0.3) is 11.5 Å². The number of carbonyl (C=O) groups is 1. The number of hydrogen-bond acceptors (Lipinski definition) is 4. The van der Waals surface area contributed by atoms with Gasteiger partial charge in [-0.2, -0.15) is 0 Å². The molecule has 150 valence electrons. The predicted molar refractivity (Wildman–Crippen MR) is 113 cm³/mol. The van der Waals surface area contributed by atoms with E-state index in [2.05, 4.69) is 10.3 Å². The zero-order chi connectivity index (χ0) is 21.3. The van der Waals surface area contributed by atoms with E-state index in [1.807, 2.05) is 0 Å².